The van der Waals surface area contributed by atoms with Gasteiger partial charge in [-0.15, -0.1) is 0 Å². The molecule has 0 bridgehead atoms. The van der Waals surface area contributed by atoms with Gasteiger partial charge in [0.1, 0.15) is 5.75 Å². The average Bonchev–Trinajstić information content (AvgIpc) is 3.39. The van der Waals surface area contributed by atoms with Crippen molar-refractivity contribution < 1.29 is 14.3 Å². The van der Waals surface area contributed by atoms with Crippen molar-refractivity contribution in [3.63, 3.8) is 0 Å². The van der Waals surface area contributed by atoms with Crippen molar-refractivity contribution in [2.75, 3.05) is 25.5 Å². The van der Waals surface area contributed by atoms with E-state index >= 15 is 0 Å². The summed E-state index contributed by atoms with van der Waals surface area (Å²) in [5.41, 5.74) is 0.768. The third kappa shape index (κ3) is 4.15. The van der Waals surface area contributed by atoms with Gasteiger partial charge in [-0.2, -0.15) is 0 Å². The summed E-state index contributed by atoms with van der Waals surface area (Å²) in [6.07, 6.45) is 3.60. The average molecular weight is 317 g/mol. The fourth-order valence-electron chi connectivity index (χ4n) is 2.76. The molecule has 0 atom stereocenters. The molecule has 2 fully saturated rings. The second-order valence-corrected chi connectivity index (χ2v) is 6.20. The van der Waals surface area contributed by atoms with E-state index in [1.807, 2.05) is 29.2 Å². The monoisotopic (exact) mass is 317 g/mol. The van der Waals surface area contributed by atoms with Crippen LogP contribution in [0, 0.1) is 5.92 Å². The van der Waals surface area contributed by atoms with Crippen molar-refractivity contribution in [2.45, 2.75) is 31.7 Å². The first-order chi connectivity index (χ1) is 11.2. The van der Waals surface area contributed by atoms with Gasteiger partial charge in [-0.1, -0.05) is 0 Å². The van der Waals surface area contributed by atoms with Gasteiger partial charge in [-0.05, 0) is 49.9 Å². The predicted octanol–water partition coefficient (Wildman–Crippen LogP) is 2.22. The maximum Gasteiger partial charge on any atom is 0.317 e. The Morgan fingerprint density at radius 1 is 1.09 bits per heavy atom. The fraction of sp³-hybridized carbons (Fsp3) is 0.529. The summed E-state index contributed by atoms with van der Waals surface area (Å²) in [5, 5.41) is 5.93. The molecule has 0 spiro atoms. The fourth-order valence-corrected chi connectivity index (χ4v) is 2.76. The number of hydrogen-bond donors (Lipinski definition) is 2. The number of benzene rings is 1. The number of amides is 3. The Hall–Kier alpha value is -2.24. The molecule has 3 rings (SSSR count). The van der Waals surface area contributed by atoms with Gasteiger partial charge in [-0.3, -0.25) is 4.79 Å². The molecule has 0 unspecified atom stereocenters. The highest BCUT2D eigenvalue weighted by Crippen LogP contribution is 2.23. The van der Waals surface area contributed by atoms with Gasteiger partial charge in [0.15, 0.2) is 0 Å². The zero-order valence-electron chi connectivity index (χ0n) is 13.4. The summed E-state index contributed by atoms with van der Waals surface area (Å²) in [7, 11) is 1.61. The predicted molar refractivity (Wildman–Crippen MR) is 87.5 cm³/mol. The molecule has 1 aromatic rings. The molecule has 2 N–H and O–H groups in total. The summed E-state index contributed by atoms with van der Waals surface area (Å²) >= 11 is 0. The molecule has 1 aliphatic carbocycles. The Bertz CT molecular complexity index is 561. The molecule has 2 aliphatic rings. The molecule has 6 heteroatoms. The Kier molecular flexibility index (Phi) is 4.69. The Morgan fingerprint density at radius 3 is 2.30 bits per heavy atom. The van der Waals surface area contributed by atoms with Crippen molar-refractivity contribution in [1.82, 2.24) is 10.2 Å². The van der Waals surface area contributed by atoms with Crippen LogP contribution < -0.4 is 15.4 Å². The first kappa shape index (κ1) is 15.6. The number of piperidine rings is 1. The number of likely N-dealkylation sites (tertiary alicyclic amines) is 1. The quantitative estimate of drug-likeness (QED) is 0.894. The first-order valence-electron chi connectivity index (χ1n) is 8.16. The number of nitrogens with zero attached hydrogens (tertiary/aromatic N) is 1. The molecule has 0 aromatic heterocycles. The highest BCUT2D eigenvalue weighted by molar-refractivity contribution is 5.92. The van der Waals surface area contributed by atoms with Crippen molar-refractivity contribution in [3.05, 3.63) is 24.3 Å². The SMILES string of the molecule is COc1ccc(NC(=O)C2CCN(C(=O)NC3CC3)CC2)cc1. The van der Waals surface area contributed by atoms with Crippen LogP contribution in [0.2, 0.25) is 0 Å². The van der Waals surface area contributed by atoms with Crippen LogP contribution in [0.5, 0.6) is 5.75 Å². The van der Waals surface area contributed by atoms with Gasteiger partial charge in [0.25, 0.3) is 0 Å². The number of carbonyl (C=O) groups is 2. The molecule has 1 heterocycles. The molecule has 0 radical (unpaired) electrons. The van der Waals surface area contributed by atoms with E-state index in [2.05, 4.69) is 10.6 Å². The number of rotatable bonds is 4. The van der Waals surface area contributed by atoms with E-state index in [1.165, 1.54) is 0 Å². The minimum Gasteiger partial charge on any atom is -0.497 e. The molecule has 124 valence electrons. The lowest BCUT2D eigenvalue weighted by Crippen LogP contribution is -2.46. The molecule has 1 saturated carbocycles. The lowest BCUT2D eigenvalue weighted by Gasteiger charge is -2.31. The van der Waals surface area contributed by atoms with Gasteiger partial charge in [0.2, 0.25) is 5.91 Å². The summed E-state index contributed by atoms with van der Waals surface area (Å²) in [4.78, 5) is 26.1. The zero-order valence-corrected chi connectivity index (χ0v) is 13.4. The van der Waals surface area contributed by atoms with E-state index in [4.69, 9.17) is 4.74 Å². The number of anilines is 1. The maximum atomic E-state index is 12.3. The van der Waals surface area contributed by atoms with Gasteiger partial charge in [0.05, 0.1) is 7.11 Å². The van der Waals surface area contributed by atoms with E-state index in [0.29, 0.717) is 32.0 Å². The van der Waals surface area contributed by atoms with Gasteiger partial charge >= 0.3 is 6.03 Å². The summed E-state index contributed by atoms with van der Waals surface area (Å²) in [6.45, 7) is 1.28. The topological polar surface area (TPSA) is 70.7 Å². The van der Waals surface area contributed by atoms with Crippen molar-refractivity contribution >= 4 is 17.6 Å². The lowest BCUT2D eigenvalue weighted by atomic mass is 9.96. The van der Waals surface area contributed by atoms with Crippen LogP contribution in [0.15, 0.2) is 24.3 Å². The van der Waals surface area contributed by atoms with E-state index < -0.39 is 0 Å². The number of carbonyl (C=O) groups excluding carboxylic acids is 2. The van der Waals surface area contributed by atoms with E-state index in [9.17, 15) is 9.59 Å². The molecular weight excluding hydrogens is 294 g/mol. The standard InChI is InChI=1S/C17H23N3O3/c1-23-15-6-4-13(5-7-15)18-16(21)12-8-10-20(11-9-12)17(22)19-14-2-3-14/h4-7,12,14H,2-3,8-11H2,1H3,(H,18,21)(H,19,22). The van der Waals surface area contributed by atoms with Crippen LogP contribution in [0.4, 0.5) is 10.5 Å². The zero-order chi connectivity index (χ0) is 16.2. The van der Waals surface area contributed by atoms with Crippen LogP contribution in [-0.2, 0) is 4.79 Å². The van der Waals surface area contributed by atoms with E-state index in [1.54, 1.807) is 7.11 Å². The highest BCUT2D eigenvalue weighted by atomic mass is 16.5. The molecular formula is C17H23N3O3. The number of nitrogens with one attached hydrogen (secondary N) is 2. The highest BCUT2D eigenvalue weighted by Gasteiger charge is 2.30. The molecule has 1 aromatic carbocycles. The van der Waals surface area contributed by atoms with Crippen LogP contribution in [0.3, 0.4) is 0 Å². The number of methoxy groups -OCH3 is 1. The molecule has 1 saturated heterocycles. The summed E-state index contributed by atoms with van der Waals surface area (Å²) < 4.78 is 5.10. The largest absolute Gasteiger partial charge is 0.497 e. The second-order valence-electron chi connectivity index (χ2n) is 6.20. The first-order valence-corrected chi connectivity index (χ1v) is 8.16. The second kappa shape index (κ2) is 6.89. The van der Waals surface area contributed by atoms with Gasteiger partial charge in [0, 0.05) is 30.7 Å². The molecule has 6 nitrogen and oxygen atoms in total. The van der Waals surface area contributed by atoms with Crippen molar-refractivity contribution in [1.29, 1.82) is 0 Å². The minimum atomic E-state index is -0.0397. The third-order valence-electron chi connectivity index (χ3n) is 4.42. The van der Waals surface area contributed by atoms with Crippen LogP contribution in [0.25, 0.3) is 0 Å². The van der Waals surface area contributed by atoms with Gasteiger partial charge in [-0.25, -0.2) is 4.79 Å². The van der Waals surface area contributed by atoms with E-state index in [0.717, 1.165) is 24.3 Å². The van der Waals surface area contributed by atoms with Crippen LogP contribution in [-0.4, -0.2) is 43.1 Å². The smallest absolute Gasteiger partial charge is 0.317 e. The summed E-state index contributed by atoms with van der Waals surface area (Å²) in [6, 6.07) is 7.69. The van der Waals surface area contributed by atoms with Crippen molar-refractivity contribution in [3.8, 4) is 5.75 Å². The van der Waals surface area contributed by atoms with E-state index in [-0.39, 0.29) is 17.9 Å². The number of ether oxygens (including phenoxy) is 1. The number of hydrogen-bond acceptors (Lipinski definition) is 3. The Labute approximate surface area is 136 Å². The normalized spacial score (nSPS) is 18.4. The Morgan fingerprint density at radius 2 is 1.74 bits per heavy atom. The summed E-state index contributed by atoms with van der Waals surface area (Å²) in [5.74, 6) is 0.748. The molecule has 1 aliphatic heterocycles. The van der Waals surface area contributed by atoms with Gasteiger partial charge < -0.3 is 20.3 Å². The lowest BCUT2D eigenvalue weighted by molar-refractivity contribution is -0.121. The van der Waals surface area contributed by atoms with Crippen LogP contribution >= 0.6 is 0 Å². The van der Waals surface area contributed by atoms with Crippen LogP contribution in [0.1, 0.15) is 25.7 Å². The third-order valence-corrected chi connectivity index (χ3v) is 4.42. The minimum absolute atomic E-state index is 0.0153. The Balaban J connectivity index is 1.46. The number of urea groups is 1. The maximum absolute atomic E-state index is 12.3. The molecule has 3 amide bonds. The molecule has 23 heavy (non-hydrogen) atoms. The van der Waals surface area contributed by atoms with Crippen molar-refractivity contribution in [2.24, 2.45) is 5.92 Å².